The summed E-state index contributed by atoms with van der Waals surface area (Å²) in [7, 11) is 0. The van der Waals surface area contributed by atoms with Gasteiger partial charge in [0.1, 0.15) is 11.8 Å². The van der Waals surface area contributed by atoms with Crippen LogP contribution in [0.5, 0.6) is 5.75 Å². The monoisotopic (exact) mass is 386 g/mol. The molecule has 0 spiro atoms. The minimum Gasteiger partial charge on any atom is -0.427 e. The molecule has 3 rings (SSSR count). The van der Waals surface area contributed by atoms with E-state index < -0.39 is 12.0 Å². The summed E-state index contributed by atoms with van der Waals surface area (Å²) in [4.78, 5) is 51.9. The summed E-state index contributed by atoms with van der Waals surface area (Å²) in [5.74, 6) is -0.956. The Bertz CT molecular complexity index is 766. The van der Waals surface area contributed by atoms with Gasteiger partial charge in [-0.3, -0.25) is 19.2 Å². The number of benzene rings is 1. The Morgan fingerprint density at radius 1 is 1.00 bits per heavy atom. The van der Waals surface area contributed by atoms with Gasteiger partial charge in [0.2, 0.25) is 11.8 Å². The van der Waals surface area contributed by atoms with E-state index in [1.807, 2.05) is 0 Å². The Balaban J connectivity index is 1.81. The third kappa shape index (κ3) is 4.24. The van der Waals surface area contributed by atoms with Gasteiger partial charge in [0, 0.05) is 19.9 Å². The van der Waals surface area contributed by atoms with Crippen LogP contribution in [0.15, 0.2) is 24.3 Å². The maximum atomic E-state index is 13.1. The Kier molecular flexibility index (Phi) is 6.11. The van der Waals surface area contributed by atoms with Gasteiger partial charge in [-0.15, -0.1) is 0 Å². The van der Waals surface area contributed by atoms with Crippen LogP contribution in [-0.4, -0.2) is 40.7 Å². The first-order chi connectivity index (χ1) is 13.4. The van der Waals surface area contributed by atoms with Gasteiger partial charge in [0.15, 0.2) is 0 Å². The molecule has 28 heavy (non-hydrogen) atoms. The molecule has 1 atom stereocenters. The smallest absolute Gasteiger partial charge is 0.308 e. The van der Waals surface area contributed by atoms with Crippen molar-refractivity contribution < 1.29 is 23.9 Å². The SMILES string of the molecule is CC(=O)Oc1ccc(N2C(=O)CC(N(C(C)=O)C3CCCCCC3)C2=O)cc1. The maximum absolute atomic E-state index is 13.1. The van der Waals surface area contributed by atoms with Crippen molar-refractivity contribution in [3.8, 4) is 5.75 Å². The highest BCUT2D eigenvalue weighted by atomic mass is 16.5. The highest BCUT2D eigenvalue weighted by Gasteiger charge is 2.45. The molecule has 1 aliphatic heterocycles. The Labute approximate surface area is 164 Å². The highest BCUT2D eigenvalue weighted by Crippen LogP contribution is 2.31. The Hall–Kier alpha value is -2.70. The summed E-state index contributed by atoms with van der Waals surface area (Å²) in [6.45, 7) is 2.77. The fourth-order valence-electron chi connectivity index (χ4n) is 4.20. The van der Waals surface area contributed by atoms with Crippen LogP contribution >= 0.6 is 0 Å². The van der Waals surface area contributed by atoms with Crippen molar-refractivity contribution in [1.82, 2.24) is 4.90 Å². The molecule has 1 heterocycles. The van der Waals surface area contributed by atoms with Gasteiger partial charge in [-0.2, -0.15) is 0 Å². The summed E-state index contributed by atoms with van der Waals surface area (Å²) in [5, 5.41) is 0. The molecule has 3 amide bonds. The molecular formula is C21H26N2O5. The van der Waals surface area contributed by atoms with Gasteiger partial charge < -0.3 is 9.64 Å². The molecule has 1 aromatic rings. The van der Waals surface area contributed by atoms with E-state index >= 15 is 0 Å². The van der Waals surface area contributed by atoms with E-state index in [0.29, 0.717) is 11.4 Å². The first-order valence-corrected chi connectivity index (χ1v) is 9.82. The maximum Gasteiger partial charge on any atom is 0.308 e. The largest absolute Gasteiger partial charge is 0.427 e. The minimum absolute atomic E-state index is 0.000606. The molecular weight excluding hydrogens is 360 g/mol. The van der Waals surface area contributed by atoms with E-state index in [9.17, 15) is 19.2 Å². The van der Waals surface area contributed by atoms with E-state index in [1.165, 1.54) is 13.8 Å². The lowest BCUT2D eigenvalue weighted by atomic mass is 10.0. The second-order valence-electron chi connectivity index (χ2n) is 7.45. The van der Waals surface area contributed by atoms with Crippen LogP contribution in [0.2, 0.25) is 0 Å². The van der Waals surface area contributed by atoms with Crippen LogP contribution < -0.4 is 9.64 Å². The molecule has 1 unspecified atom stereocenters. The zero-order valence-corrected chi connectivity index (χ0v) is 16.3. The van der Waals surface area contributed by atoms with Crippen molar-refractivity contribution in [3.63, 3.8) is 0 Å². The normalized spacial score (nSPS) is 20.8. The molecule has 2 fully saturated rings. The van der Waals surface area contributed by atoms with Gasteiger partial charge in [-0.05, 0) is 37.1 Å². The van der Waals surface area contributed by atoms with Gasteiger partial charge in [-0.25, -0.2) is 4.90 Å². The van der Waals surface area contributed by atoms with E-state index in [0.717, 1.165) is 43.4 Å². The molecule has 1 aliphatic carbocycles. The fraction of sp³-hybridized carbons (Fsp3) is 0.524. The topological polar surface area (TPSA) is 84.0 Å². The number of carbonyl (C=O) groups is 4. The lowest BCUT2D eigenvalue weighted by molar-refractivity contribution is -0.139. The van der Waals surface area contributed by atoms with Crippen molar-refractivity contribution >= 4 is 29.4 Å². The molecule has 1 saturated heterocycles. The highest BCUT2D eigenvalue weighted by molar-refractivity contribution is 6.23. The van der Waals surface area contributed by atoms with Crippen molar-refractivity contribution in [1.29, 1.82) is 0 Å². The first-order valence-electron chi connectivity index (χ1n) is 9.82. The predicted molar refractivity (Wildman–Crippen MR) is 103 cm³/mol. The molecule has 7 heteroatoms. The van der Waals surface area contributed by atoms with Crippen LogP contribution in [0.3, 0.4) is 0 Å². The summed E-state index contributed by atoms with van der Waals surface area (Å²) in [5.41, 5.74) is 0.415. The van der Waals surface area contributed by atoms with Crippen molar-refractivity contribution in [3.05, 3.63) is 24.3 Å². The van der Waals surface area contributed by atoms with Gasteiger partial charge in [0.05, 0.1) is 12.1 Å². The van der Waals surface area contributed by atoms with Crippen LogP contribution in [0.25, 0.3) is 0 Å². The molecule has 0 aromatic heterocycles. The number of imide groups is 1. The van der Waals surface area contributed by atoms with Crippen molar-refractivity contribution in [2.24, 2.45) is 0 Å². The average molecular weight is 386 g/mol. The van der Waals surface area contributed by atoms with E-state index in [2.05, 4.69) is 0 Å². The van der Waals surface area contributed by atoms with Crippen LogP contribution in [0.4, 0.5) is 5.69 Å². The van der Waals surface area contributed by atoms with E-state index in [1.54, 1.807) is 29.2 Å². The van der Waals surface area contributed by atoms with E-state index in [-0.39, 0.29) is 30.2 Å². The van der Waals surface area contributed by atoms with Crippen LogP contribution in [-0.2, 0) is 19.2 Å². The van der Waals surface area contributed by atoms with Crippen LogP contribution in [0.1, 0.15) is 58.8 Å². The molecule has 150 valence electrons. The average Bonchev–Trinajstić information content (AvgIpc) is 2.80. The third-order valence-electron chi connectivity index (χ3n) is 5.40. The third-order valence-corrected chi connectivity index (χ3v) is 5.40. The molecule has 0 N–H and O–H groups in total. The number of hydrogen-bond acceptors (Lipinski definition) is 5. The number of carbonyl (C=O) groups excluding carboxylic acids is 4. The summed E-state index contributed by atoms with van der Waals surface area (Å²) >= 11 is 0. The fourth-order valence-corrected chi connectivity index (χ4v) is 4.20. The van der Waals surface area contributed by atoms with Gasteiger partial charge in [0.25, 0.3) is 5.91 Å². The zero-order chi connectivity index (χ0) is 20.3. The van der Waals surface area contributed by atoms with Crippen molar-refractivity contribution in [2.45, 2.75) is 70.9 Å². The number of anilines is 1. The molecule has 0 radical (unpaired) electrons. The second kappa shape index (κ2) is 8.54. The number of rotatable bonds is 4. The lowest BCUT2D eigenvalue weighted by Gasteiger charge is -2.34. The van der Waals surface area contributed by atoms with Gasteiger partial charge in [-0.1, -0.05) is 25.7 Å². The number of hydrogen-bond donors (Lipinski definition) is 0. The number of ether oxygens (including phenoxy) is 1. The Morgan fingerprint density at radius 2 is 1.61 bits per heavy atom. The van der Waals surface area contributed by atoms with Gasteiger partial charge >= 0.3 is 5.97 Å². The quantitative estimate of drug-likeness (QED) is 0.344. The molecule has 2 aliphatic rings. The lowest BCUT2D eigenvalue weighted by Crippen LogP contribution is -2.49. The predicted octanol–water partition coefficient (Wildman–Crippen LogP) is 2.82. The molecule has 7 nitrogen and oxygen atoms in total. The number of amides is 3. The summed E-state index contributed by atoms with van der Waals surface area (Å²) < 4.78 is 4.99. The number of esters is 1. The summed E-state index contributed by atoms with van der Waals surface area (Å²) in [6, 6.07) is 5.48. The number of nitrogens with zero attached hydrogens (tertiary/aromatic N) is 2. The molecule has 0 bridgehead atoms. The molecule has 1 aromatic carbocycles. The van der Waals surface area contributed by atoms with E-state index in [4.69, 9.17) is 4.74 Å². The summed E-state index contributed by atoms with van der Waals surface area (Å²) in [6.07, 6.45) is 6.08. The minimum atomic E-state index is -0.749. The standard InChI is InChI=1S/C21H26N2O5/c1-14(24)22(16-7-5-3-4-6-8-16)19-13-20(26)23(21(19)27)17-9-11-18(12-10-17)28-15(2)25/h9-12,16,19H,3-8,13H2,1-2H3. The molecule has 1 saturated carbocycles. The second-order valence-corrected chi connectivity index (χ2v) is 7.45. The Morgan fingerprint density at radius 3 is 2.14 bits per heavy atom. The zero-order valence-electron chi connectivity index (χ0n) is 16.3. The van der Waals surface area contributed by atoms with Crippen LogP contribution in [0, 0.1) is 0 Å². The first kappa shape index (κ1) is 20.0. The van der Waals surface area contributed by atoms with Crippen molar-refractivity contribution in [2.75, 3.05) is 4.90 Å².